The smallest absolute Gasteiger partial charge is 0.176 e. The molecule has 1 saturated heterocycles. The molecule has 4 nitrogen and oxygen atoms in total. The average molecular weight is 282 g/mol. The van der Waals surface area contributed by atoms with Gasteiger partial charge in [0.25, 0.3) is 0 Å². The summed E-state index contributed by atoms with van der Waals surface area (Å²) in [5.41, 5.74) is 2.08. The number of para-hydroxylation sites is 1. The largest absolute Gasteiger partial charge is 0.453 e. The lowest BCUT2D eigenvalue weighted by atomic mass is 10.1. The minimum absolute atomic E-state index is 0.448. The fourth-order valence-corrected chi connectivity index (χ4v) is 3.13. The summed E-state index contributed by atoms with van der Waals surface area (Å²) < 4.78 is 13.8. The van der Waals surface area contributed by atoms with Crippen molar-refractivity contribution in [1.29, 1.82) is 0 Å². The highest BCUT2D eigenvalue weighted by Gasteiger charge is 2.22. The molecule has 1 fully saturated rings. The van der Waals surface area contributed by atoms with E-state index in [0.29, 0.717) is 6.04 Å². The summed E-state index contributed by atoms with van der Waals surface area (Å²) in [6.07, 6.45) is 5.97. The van der Waals surface area contributed by atoms with Gasteiger partial charge in [0.1, 0.15) is 5.58 Å². The first-order valence-electron chi connectivity index (χ1n) is 7.43. The Bertz CT molecular complexity index is 766. The molecule has 3 heterocycles. The minimum Gasteiger partial charge on any atom is -0.453 e. The van der Waals surface area contributed by atoms with Gasteiger partial charge in [-0.1, -0.05) is 18.2 Å². The Hall–Kier alpha value is -2.07. The van der Waals surface area contributed by atoms with Crippen molar-refractivity contribution in [1.82, 2.24) is 9.55 Å². The van der Waals surface area contributed by atoms with Crippen molar-refractivity contribution < 1.29 is 9.15 Å². The van der Waals surface area contributed by atoms with Gasteiger partial charge in [-0.25, -0.2) is 4.98 Å². The van der Waals surface area contributed by atoms with Crippen molar-refractivity contribution in [3.8, 4) is 11.6 Å². The second kappa shape index (κ2) is 5.04. The lowest BCUT2D eigenvalue weighted by Gasteiger charge is -2.24. The molecule has 2 aromatic heterocycles. The Morgan fingerprint density at radius 2 is 2.00 bits per heavy atom. The van der Waals surface area contributed by atoms with E-state index in [2.05, 4.69) is 28.7 Å². The highest BCUT2D eigenvalue weighted by molar-refractivity contribution is 5.86. The summed E-state index contributed by atoms with van der Waals surface area (Å²) in [6.45, 7) is 3.74. The molecule has 1 aliphatic rings. The van der Waals surface area contributed by atoms with Gasteiger partial charge in [0.05, 0.1) is 0 Å². The van der Waals surface area contributed by atoms with Crippen molar-refractivity contribution in [2.75, 3.05) is 13.2 Å². The maximum absolute atomic E-state index is 6.06. The SMILES string of the molecule is Cc1c(-c2nccn2C2CCOCC2)oc2ccccc12. The molecule has 0 radical (unpaired) electrons. The van der Waals surface area contributed by atoms with Crippen LogP contribution in [0.25, 0.3) is 22.6 Å². The van der Waals surface area contributed by atoms with Gasteiger partial charge in [-0.05, 0) is 25.8 Å². The summed E-state index contributed by atoms with van der Waals surface area (Å²) in [5, 5.41) is 1.16. The van der Waals surface area contributed by atoms with Crippen molar-refractivity contribution in [2.45, 2.75) is 25.8 Å². The molecule has 0 amide bonds. The van der Waals surface area contributed by atoms with Crippen LogP contribution < -0.4 is 0 Å². The summed E-state index contributed by atoms with van der Waals surface area (Å²) in [4.78, 5) is 4.55. The quantitative estimate of drug-likeness (QED) is 0.714. The van der Waals surface area contributed by atoms with E-state index in [1.54, 1.807) is 0 Å². The van der Waals surface area contributed by atoms with E-state index in [1.807, 2.05) is 24.4 Å². The zero-order valence-corrected chi connectivity index (χ0v) is 12.1. The molecule has 1 aliphatic heterocycles. The molecule has 0 bridgehead atoms. The number of furan rings is 1. The predicted molar refractivity (Wildman–Crippen MR) is 81.3 cm³/mol. The summed E-state index contributed by atoms with van der Waals surface area (Å²) in [7, 11) is 0. The van der Waals surface area contributed by atoms with Crippen LogP contribution in [0.3, 0.4) is 0 Å². The van der Waals surface area contributed by atoms with E-state index >= 15 is 0 Å². The number of hydrogen-bond donors (Lipinski definition) is 0. The zero-order valence-electron chi connectivity index (χ0n) is 12.1. The molecule has 0 spiro atoms. The number of rotatable bonds is 2. The normalized spacial score (nSPS) is 16.6. The maximum Gasteiger partial charge on any atom is 0.176 e. The van der Waals surface area contributed by atoms with Gasteiger partial charge < -0.3 is 13.7 Å². The van der Waals surface area contributed by atoms with E-state index in [0.717, 1.165) is 54.2 Å². The first kappa shape index (κ1) is 12.7. The highest BCUT2D eigenvalue weighted by atomic mass is 16.5. The van der Waals surface area contributed by atoms with E-state index in [4.69, 9.17) is 9.15 Å². The third-order valence-corrected chi connectivity index (χ3v) is 4.30. The third kappa shape index (κ3) is 2.07. The van der Waals surface area contributed by atoms with Crippen LogP contribution in [0.4, 0.5) is 0 Å². The highest BCUT2D eigenvalue weighted by Crippen LogP contribution is 2.34. The summed E-state index contributed by atoms with van der Waals surface area (Å²) in [6, 6.07) is 8.59. The number of ether oxygens (including phenoxy) is 1. The van der Waals surface area contributed by atoms with Crippen LogP contribution in [0.15, 0.2) is 41.1 Å². The Kier molecular flexibility index (Phi) is 3.04. The van der Waals surface area contributed by atoms with Gasteiger partial charge in [0, 0.05) is 42.6 Å². The number of nitrogens with zero attached hydrogens (tertiary/aromatic N) is 2. The molecule has 1 aromatic carbocycles. The molecule has 0 unspecified atom stereocenters. The van der Waals surface area contributed by atoms with E-state index in [-0.39, 0.29) is 0 Å². The lowest BCUT2D eigenvalue weighted by Crippen LogP contribution is -2.19. The average Bonchev–Trinajstić information content (AvgIpc) is 3.13. The number of benzene rings is 1. The molecular weight excluding hydrogens is 264 g/mol. The molecule has 21 heavy (non-hydrogen) atoms. The Balaban J connectivity index is 1.82. The van der Waals surface area contributed by atoms with E-state index in [1.165, 1.54) is 0 Å². The van der Waals surface area contributed by atoms with Gasteiger partial charge in [0.2, 0.25) is 0 Å². The number of imidazole rings is 1. The standard InChI is InChI=1S/C17H18N2O2/c1-12-14-4-2-3-5-15(14)21-16(12)17-18-8-9-19(17)13-6-10-20-11-7-13/h2-5,8-9,13H,6-7,10-11H2,1H3. The van der Waals surface area contributed by atoms with Crippen molar-refractivity contribution >= 4 is 11.0 Å². The Morgan fingerprint density at radius 3 is 2.81 bits per heavy atom. The van der Waals surface area contributed by atoms with Crippen LogP contribution in [0, 0.1) is 6.92 Å². The van der Waals surface area contributed by atoms with Gasteiger partial charge in [0.15, 0.2) is 11.6 Å². The molecule has 0 N–H and O–H groups in total. The van der Waals surface area contributed by atoms with Crippen LogP contribution in [0.1, 0.15) is 24.4 Å². The molecule has 4 heteroatoms. The molecule has 108 valence electrons. The first-order chi connectivity index (χ1) is 10.3. The first-order valence-corrected chi connectivity index (χ1v) is 7.43. The van der Waals surface area contributed by atoms with Crippen molar-refractivity contribution in [3.05, 3.63) is 42.2 Å². The minimum atomic E-state index is 0.448. The third-order valence-electron chi connectivity index (χ3n) is 4.30. The van der Waals surface area contributed by atoms with Crippen molar-refractivity contribution in [3.63, 3.8) is 0 Å². The van der Waals surface area contributed by atoms with Gasteiger partial charge in [-0.2, -0.15) is 0 Å². The summed E-state index contributed by atoms with van der Waals surface area (Å²) >= 11 is 0. The molecule has 0 aliphatic carbocycles. The molecule has 0 saturated carbocycles. The van der Waals surface area contributed by atoms with Crippen LogP contribution in [0.2, 0.25) is 0 Å². The molecule has 3 aromatic rings. The molecular formula is C17H18N2O2. The monoisotopic (exact) mass is 282 g/mol. The van der Waals surface area contributed by atoms with E-state index in [9.17, 15) is 0 Å². The molecule has 4 rings (SSSR count). The van der Waals surface area contributed by atoms with Crippen LogP contribution >= 0.6 is 0 Å². The lowest BCUT2D eigenvalue weighted by molar-refractivity contribution is 0.0699. The second-order valence-corrected chi connectivity index (χ2v) is 5.55. The van der Waals surface area contributed by atoms with Crippen molar-refractivity contribution in [2.24, 2.45) is 0 Å². The zero-order chi connectivity index (χ0) is 14.2. The number of hydrogen-bond acceptors (Lipinski definition) is 3. The Labute approximate surface area is 123 Å². The number of aromatic nitrogens is 2. The second-order valence-electron chi connectivity index (χ2n) is 5.55. The topological polar surface area (TPSA) is 40.2 Å². The fraction of sp³-hybridized carbons (Fsp3) is 0.353. The maximum atomic E-state index is 6.06. The summed E-state index contributed by atoms with van der Waals surface area (Å²) in [5.74, 6) is 1.81. The fourth-order valence-electron chi connectivity index (χ4n) is 3.13. The Morgan fingerprint density at radius 1 is 1.19 bits per heavy atom. The van der Waals surface area contributed by atoms with Gasteiger partial charge in [-0.15, -0.1) is 0 Å². The van der Waals surface area contributed by atoms with Gasteiger partial charge >= 0.3 is 0 Å². The number of aryl methyl sites for hydroxylation is 1. The number of fused-ring (bicyclic) bond motifs is 1. The van der Waals surface area contributed by atoms with Crippen LogP contribution in [0.5, 0.6) is 0 Å². The van der Waals surface area contributed by atoms with E-state index < -0.39 is 0 Å². The molecule has 0 atom stereocenters. The van der Waals surface area contributed by atoms with Crippen LogP contribution in [-0.2, 0) is 4.74 Å². The van der Waals surface area contributed by atoms with Crippen LogP contribution in [-0.4, -0.2) is 22.8 Å². The van der Waals surface area contributed by atoms with Gasteiger partial charge in [-0.3, -0.25) is 0 Å². The predicted octanol–water partition coefficient (Wildman–Crippen LogP) is 3.96.